The number of hydrogen-bond donors (Lipinski definition) is 1. The molecule has 11 heavy (non-hydrogen) atoms. The molecule has 0 saturated heterocycles. The van der Waals surface area contributed by atoms with Crippen molar-refractivity contribution in [3.8, 4) is 0 Å². The molecule has 0 spiro atoms. The van der Waals surface area contributed by atoms with Crippen LogP contribution in [0.5, 0.6) is 0 Å². The molecular weight excluding hydrogens is 160 g/mol. The molecule has 0 N–H and O–H groups in total. The third kappa shape index (κ3) is 2.36. The summed E-state index contributed by atoms with van der Waals surface area (Å²) < 4.78 is 10.5. The van der Waals surface area contributed by atoms with Crippen LogP contribution >= 0.6 is 12.6 Å². The van der Waals surface area contributed by atoms with Crippen LogP contribution in [0.15, 0.2) is 0 Å². The van der Waals surface area contributed by atoms with Crippen LogP contribution in [0.2, 0.25) is 0 Å². The highest BCUT2D eigenvalue weighted by Crippen LogP contribution is 2.26. The molecule has 3 atom stereocenters. The molecule has 1 aliphatic rings. The monoisotopic (exact) mass is 176 g/mol. The highest BCUT2D eigenvalue weighted by Gasteiger charge is 2.27. The minimum Gasteiger partial charge on any atom is -0.381 e. The molecule has 0 aromatic rings. The van der Waals surface area contributed by atoms with Gasteiger partial charge in [-0.1, -0.05) is 0 Å². The number of methoxy groups -OCH3 is 2. The van der Waals surface area contributed by atoms with Gasteiger partial charge < -0.3 is 9.47 Å². The summed E-state index contributed by atoms with van der Waals surface area (Å²) in [7, 11) is 3.51. The lowest BCUT2D eigenvalue weighted by Gasteiger charge is -2.31. The Bertz CT molecular complexity index is 119. The fourth-order valence-electron chi connectivity index (χ4n) is 1.57. The standard InChI is InChI=1S/C8H16O2S/c1-9-6-3-4-7(10-2)8(11)5-6/h6-8,11H,3-5H2,1-2H3. The minimum absolute atomic E-state index is 0.324. The molecule has 66 valence electrons. The first kappa shape index (κ1) is 9.36. The largest absolute Gasteiger partial charge is 0.381 e. The highest BCUT2D eigenvalue weighted by atomic mass is 32.1. The lowest BCUT2D eigenvalue weighted by atomic mass is 9.94. The molecule has 3 heteroatoms. The van der Waals surface area contributed by atoms with Crippen molar-refractivity contribution in [3.63, 3.8) is 0 Å². The van der Waals surface area contributed by atoms with Gasteiger partial charge >= 0.3 is 0 Å². The first-order valence-corrected chi connectivity index (χ1v) is 4.53. The molecule has 1 aliphatic carbocycles. The van der Waals surface area contributed by atoms with Gasteiger partial charge in [-0.3, -0.25) is 0 Å². The van der Waals surface area contributed by atoms with E-state index >= 15 is 0 Å². The van der Waals surface area contributed by atoms with Gasteiger partial charge in [0.05, 0.1) is 12.2 Å². The maximum absolute atomic E-state index is 5.26. The van der Waals surface area contributed by atoms with Crippen LogP contribution in [-0.2, 0) is 9.47 Å². The van der Waals surface area contributed by atoms with Crippen molar-refractivity contribution in [2.45, 2.75) is 36.7 Å². The second kappa shape index (κ2) is 4.33. The summed E-state index contributed by atoms with van der Waals surface area (Å²) in [5.41, 5.74) is 0. The van der Waals surface area contributed by atoms with Crippen LogP contribution in [-0.4, -0.2) is 31.7 Å². The van der Waals surface area contributed by atoms with Crippen LogP contribution < -0.4 is 0 Å². The molecule has 0 aromatic heterocycles. The molecule has 0 aromatic carbocycles. The average Bonchev–Trinajstić information content (AvgIpc) is 2.04. The molecule has 0 bridgehead atoms. The predicted molar refractivity (Wildman–Crippen MR) is 48.2 cm³/mol. The molecule has 3 unspecified atom stereocenters. The van der Waals surface area contributed by atoms with Crippen molar-refractivity contribution in [2.75, 3.05) is 14.2 Å². The van der Waals surface area contributed by atoms with E-state index in [1.807, 2.05) is 0 Å². The molecule has 0 aliphatic heterocycles. The van der Waals surface area contributed by atoms with Gasteiger partial charge in [0.25, 0.3) is 0 Å². The molecule has 1 fully saturated rings. The lowest BCUT2D eigenvalue weighted by molar-refractivity contribution is 0.00952. The first-order valence-electron chi connectivity index (χ1n) is 4.01. The second-order valence-electron chi connectivity index (χ2n) is 3.01. The van der Waals surface area contributed by atoms with Gasteiger partial charge in [-0.05, 0) is 19.3 Å². The number of hydrogen-bond acceptors (Lipinski definition) is 3. The molecular formula is C8H16O2S. The Morgan fingerprint density at radius 2 is 1.91 bits per heavy atom. The van der Waals surface area contributed by atoms with Gasteiger partial charge in [-0.15, -0.1) is 0 Å². The Morgan fingerprint density at radius 1 is 1.18 bits per heavy atom. The molecule has 2 nitrogen and oxygen atoms in total. The molecule has 0 radical (unpaired) electrons. The van der Waals surface area contributed by atoms with E-state index in [0.29, 0.717) is 17.5 Å². The molecule has 1 saturated carbocycles. The van der Waals surface area contributed by atoms with Gasteiger partial charge in [0.2, 0.25) is 0 Å². The Kier molecular flexibility index (Phi) is 3.69. The average molecular weight is 176 g/mol. The minimum atomic E-state index is 0.324. The van der Waals surface area contributed by atoms with Gasteiger partial charge in [0.1, 0.15) is 0 Å². The second-order valence-corrected chi connectivity index (χ2v) is 3.68. The van der Waals surface area contributed by atoms with Crippen molar-refractivity contribution in [3.05, 3.63) is 0 Å². The summed E-state index contributed by atoms with van der Waals surface area (Å²) >= 11 is 4.44. The van der Waals surface area contributed by atoms with Crippen molar-refractivity contribution >= 4 is 12.6 Å². The zero-order chi connectivity index (χ0) is 8.27. The summed E-state index contributed by atoms with van der Waals surface area (Å²) in [4.78, 5) is 0. The van der Waals surface area contributed by atoms with Crippen LogP contribution in [0.25, 0.3) is 0 Å². The van der Waals surface area contributed by atoms with Crippen molar-refractivity contribution in [1.29, 1.82) is 0 Å². The molecule has 0 amide bonds. The van der Waals surface area contributed by atoms with E-state index in [4.69, 9.17) is 9.47 Å². The maximum atomic E-state index is 5.26. The topological polar surface area (TPSA) is 18.5 Å². The zero-order valence-electron chi connectivity index (χ0n) is 7.12. The SMILES string of the molecule is COC1CCC(OC)C(S)C1. The Balaban J connectivity index is 2.34. The number of rotatable bonds is 2. The fourth-order valence-corrected chi connectivity index (χ4v) is 2.08. The lowest BCUT2D eigenvalue weighted by Crippen LogP contribution is -2.34. The smallest absolute Gasteiger partial charge is 0.0689 e. The van der Waals surface area contributed by atoms with E-state index in [-0.39, 0.29) is 0 Å². The number of ether oxygens (including phenoxy) is 2. The number of thiol groups is 1. The quantitative estimate of drug-likeness (QED) is 0.643. The molecule has 0 heterocycles. The normalized spacial score (nSPS) is 39.0. The van der Waals surface area contributed by atoms with Gasteiger partial charge in [0, 0.05) is 19.5 Å². The van der Waals surface area contributed by atoms with Crippen molar-refractivity contribution < 1.29 is 9.47 Å². The Labute approximate surface area is 73.7 Å². The van der Waals surface area contributed by atoms with E-state index in [9.17, 15) is 0 Å². The first-order chi connectivity index (χ1) is 5.27. The third-order valence-corrected chi connectivity index (χ3v) is 2.89. The Hall–Kier alpha value is 0.270. The highest BCUT2D eigenvalue weighted by molar-refractivity contribution is 7.81. The van der Waals surface area contributed by atoms with Crippen LogP contribution in [0, 0.1) is 0 Å². The van der Waals surface area contributed by atoms with E-state index in [1.54, 1.807) is 14.2 Å². The van der Waals surface area contributed by atoms with E-state index in [1.165, 1.54) is 0 Å². The fraction of sp³-hybridized carbons (Fsp3) is 1.00. The molecule has 1 rings (SSSR count). The third-order valence-electron chi connectivity index (χ3n) is 2.34. The maximum Gasteiger partial charge on any atom is 0.0689 e. The Morgan fingerprint density at radius 3 is 2.36 bits per heavy atom. The van der Waals surface area contributed by atoms with Gasteiger partial charge in [0.15, 0.2) is 0 Å². The van der Waals surface area contributed by atoms with Crippen LogP contribution in [0.3, 0.4) is 0 Å². The summed E-state index contributed by atoms with van der Waals surface area (Å²) in [6.07, 6.45) is 3.90. The summed E-state index contributed by atoms with van der Waals surface area (Å²) in [5, 5.41) is 0.346. The van der Waals surface area contributed by atoms with Crippen LogP contribution in [0.4, 0.5) is 0 Å². The van der Waals surface area contributed by atoms with E-state index in [0.717, 1.165) is 19.3 Å². The van der Waals surface area contributed by atoms with Crippen molar-refractivity contribution in [2.24, 2.45) is 0 Å². The van der Waals surface area contributed by atoms with Gasteiger partial charge in [-0.25, -0.2) is 0 Å². The predicted octanol–water partition coefficient (Wildman–Crippen LogP) is 1.50. The van der Waals surface area contributed by atoms with Gasteiger partial charge in [-0.2, -0.15) is 12.6 Å². The van der Waals surface area contributed by atoms with Crippen molar-refractivity contribution in [1.82, 2.24) is 0 Å². The summed E-state index contributed by atoms with van der Waals surface area (Å²) in [5.74, 6) is 0. The summed E-state index contributed by atoms with van der Waals surface area (Å²) in [6, 6.07) is 0. The van der Waals surface area contributed by atoms with E-state index < -0.39 is 0 Å². The summed E-state index contributed by atoms with van der Waals surface area (Å²) in [6.45, 7) is 0. The van der Waals surface area contributed by atoms with Crippen LogP contribution in [0.1, 0.15) is 19.3 Å². The van der Waals surface area contributed by atoms with E-state index in [2.05, 4.69) is 12.6 Å². The zero-order valence-corrected chi connectivity index (χ0v) is 8.01.